The summed E-state index contributed by atoms with van der Waals surface area (Å²) in [6.07, 6.45) is -1.27. The van der Waals surface area contributed by atoms with Gasteiger partial charge in [-0.15, -0.1) is 0 Å². The van der Waals surface area contributed by atoms with Gasteiger partial charge in [0.2, 0.25) is 0 Å². The monoisotopic (exact) mass is 678 g/mol. The summed E-state index contributed by atoms with van der Waals surface area (Å²) < 4.78 is 39.3. The van der Waals surface area contributed by atoms with Gasteiger partial charge < -0.3 is 10.6 Å². The molecule has 0 bridgehead atoms. The van der Waals surface area contributed by atoms with E-state index in [-0.39, 0.29) is 5.91 Å². The van der Waals surface area contributed by atoms with E-state index in [1.807, 2.05) is 78.9 Å². The van der Waals surface area contributed by atoms with Crippen molar-refractivity contribution in [3.63, 3.8) is 0 Å². The Labute approximate surface area is 291 Å². The van der Waals surface area contributed by atoms with Crippen molar-refractivity contribution in [1.29, 1.82) is 0 Å². The van der Waals surface area contributed by atoms with Crippen LogP contribution in [0.25, 0.3) is 22.0 Å². The summed E-state index contributed by atoms with van der Waals surface area (Å²) in [5, 5.41) is 6.84. The minimum absolute atomic E-state index is 0.297. The zero-order chi connectivity index (χ0) is 35.4. The molecule has 0 unspecified atom stereocenters. The van der Waals surface area contributed by atoms with Crippen LogP contribution in [0, 0.1) is 0 Å². The largest absolute Gasteiger partial charge is 0.416 e. The SMILES string of the molecule is O=C(NC(c1ccccc1)(c1ccccc1)c1ccccn1)c1cnc2cc(NC(=O)c3ccccc3-c3ccc(C(F)(F)F)cc3)ccc2c1. The number of amides is 2. The number of halogens is 3. The van der Waals surface area contributed by atoms with Crippen molar-refractivity contribution in [1.82, 2.24) is 15.3 Å². The number of hydrogen-bond acceptors (Lipinski definition) is 4. The van der Waals surface area contributed by atoms with Crippen LogP contribution in [-0.2, 0) is 11.7 Å². The molecule has 0 spiro atoms. The van der Waals surface area contributed by atoms with Crippen LogP contribution < -0.4 is 10.6 Å². The van der Waals surface area contributed by atoms with Crippen molar-refractivity contribution >= 4 is 28.4 Å². The highest BCUT2D eigenvalue weighted by Crippen LogP contribution is 2.36. The van der Waals surface area contributed by atoms with Crippen LogP contribution in [0.1, 0.15) is 43.1 Å². The first-order valence-corrected chi connectivity index (χ1v) is 16.1. The standard InChI is InChI=1S/C42H29F3N4O2/c43-42(44,45)33-21-18-28(19-22-33)35-15-7-8-16-36(35)40(51)48-34-23-20-29-25-30(27-47-37(29)26-34)39(50)49-41(31-11-3-1-4-12-31,32-13-5-2-6-14-32)38-17-9-10-24-46-38/h1-27H,(H,48,51)(H,49,50). The maximum Gasteiger partial charge on any atom is 0.416 e. The van der Waals surface area contributed by atoms with Crippen LogP contribution in [0.2, 0.25) is 0 Å². The molecule has 0 atom stereocenters. The van der Waals surface area contributed by atoms with Gasteiger partial charge in [0.1, 0.15) is 5.54 Å². The summed E-state index contributed by atoms with van der Waals surface area (Å²) in [5.41, 5.74) is 3.03. The Morgan fingerprint density at radius 2 is 1.24 bits per heavy atom. The van der Waals surface area contributed by atoms with Gasteiger partial charge >= 0.3 is 6.18 Å². The molecule has 0 radical (unpaired) electrons. The number of pyridine rings is 2. The number of hydrogen-bond donors (Lipinski definition) is 2. The predicted molar refractivity (Wildman–Crippen MR) is 191 cm³/mol. The number of carbonyl (C=O) groups is 2. The topological polar surface area (TPSA) is 84.0 Å². The highest BCUT2D eigenvalue weighted by Gasteiger charge is 2.39. The molecule has 0 saturated carbocycles. The predicted octanol–water partition coefficient (Wildman–Crippen LogP) is 9.29. The van der Waals surface area contributed by atoms with Gasteiger partial charge in [0.05, 0.1) is 22.3 Å². The second-order valence-corrected chi connectivity index (χ2v) is 11.9. The van der Waals surface area contributed by atoms with Crippen LogP contribution in [0.4, 0.5) is 18.9 Å². The Kier molecular flexibility index (Phi) is 8.85. The second-order valence-electron chi connectivity index (χ2n) is 11.9. The molecule has 250 valence electrons. The van der Waals surface area contributed by atoms with Crippen molar-refractivity contribution < 1.29 is 22.8 Å². The molecule has 9 heteroatoms. The second kappa shape index (κ2) is 13.7. The highest BCUT2D eigenvalue weighted by atomic mass is 19.4. The van der Waals surface area contributed by atoms with E-state index in [2.05, 4.69) is 20.6 Å². The fourth-order valence-corrected chi connectivity index (χ4v) is 6.17. The lowest BCUT2D eigenvalue weighted by molar-refractivity contribution is -0.137. The van der Waals surface area contributed by atoms with E-state index in [0.717, 1.165) is 23.3 Å². The van der Waals surface area contributed by atoms with Crippen LogP contribution in [-0.4, -0.2) is 21.8 Å². The molecule has 2 aromatic heterocycles. The summed E-state index contributed by atoms with van der Waals surface area (Å²) in [6, 6.07) is 43.2. The molecule has 0 saturated heterocycles. The van der Waals surface area contributed by atoms with Gasteiger partial charge in [0, 0.05) is 29.0 Å². The molecule has 2 N–H and O–H groups in total. The molecule has 51 heavy (non-hydrogen) atoms. The number of aromatic nitrogens is 2. The third kappa shape index (κ3) is 6.69. The van der Waals surface area contributed by atoms with Gasteiger partial charge in [0.25, 0.3) is 11.8 Å². The lowest BCUT2D eigenvalue weighted by Crippen LogP contribution is -2.48. The third-order valence-corrected chi connectivity index (χ3v) is 8.66. The van der Waals surface area contributed by atoms with E-state index in [4.69, 9.17) is 0 Å². The van der Waals surface area contributed by atoms with E-state index in [0.29, 0.717) is 44.5 Å². The van der Waals surface area contributed by atoms with Crippen molar-refractivity contribution in [2.75, 3.05) is 5.32 Å². The average Bonchev–Trinajstić information content (AvgIpc) is 3.17. The van der Waals surface area contributed by atoms with Gasteiger partial charge in [-0.2, -0.15) is 13.2 Å². The maximum absolute atomic E-state index is 14.1. The first kappa shape index (κ1) is 32.9. The molecule has 2 amide bonds. The zero-order valence-electron chi connectivity index (χ0n) is 26.9. The summed E-state index contributed by atoms with van der Waals surface area (Å²) in [7, 11) is 0. The molecule has 0 aliphatic carbocycles. The minimum atomic E-state index is -4.46. The number of nitrogens with zero attached hydrogens (tertiary/aromatic N) is 2. The summed E-state index contributed by atoms with van der Waals surface area (Å²) in [5.74, 6) is -0.798. The van der Waals surface area contributed by atoms with Crippen molar-refractivity contribution in [3.05, 3.63) is 198 Å². The average molecular weight is 679 g/mol. The summed E-state index contributed by atoms with van der Waals surface area (Å²) >= 11 is 0. The van der Waals surface area contributed by atoms with Gasteiger partial charge in [0.15, 0.2) is 0 Å². The number of anilines is 1. The minimum Gasteiger partial charge on any atom is -0.333 e. The van der Waals surface area contributed by atoms with Gasteiger partial charge in [-0.05, 0) is 70.8 Å². The Morgan fingerprint density at radius 1 is 0.588 bits per heavy atom. The fourth-order valence-electron chi connectivity index (χ4n) is 6.17. The molecule has 0 aliphatic heterocycles. The van der Waals surface area contributed by atoms with Gasteiger partial charge in [-0.1, -0.05) is 103 Å². The molecular formula is C42H29F3N4O2. The normalized spacial score (nSPS) is 11.6. The molecule has 2 heterocycles. The van der Waals surface area contributed by atoms with Crippen LogP contribution >= 0.6 is 0 Å². The van der Waals surface area contributed by atoms with Crippen molar-refractivity contribution in [2.24, 2.45) is 0 Å². The quantitative estimate of drug-likeness (QED) is 0.168. The molecule has 7 rings (SSSR count). The fraction of sp³-hybridized carbons (Fsp3) is 0.0476. The highest BCUT2D eigenvalue weighted by molar-refractivity contribution is 6.09. The Bertz CT molecular complexity index is 2230. The Hall–Kier alpha value is -6.61. The Morgan fingerprint density at radius 3 is 1.88 bits per heavy atom. The van der Waals surface area contributed by atoms with E-state index in [1.165, 1.54) is 18.3 Å². The van der Waals surface area contributed by atoms with E-state index in [1.54, 1.807) is 54.7 Å². The van der Waals surface area contributed by atoms with E-state index >= 15 is 0 Å². The molecule has 0 fully saturated rings. The number of benzene rings is 5. The first-order valence-electron chi connectivity index (χ1n) is 16.1. The Balaban J connectivity index is 1.16. The van der Waals surface area contributed by atoms with Gasteiger partial charge in [-0.3, -0.25) is 19.6 Å². The van der Waals surface area contributed by atoms with Gasteiger partial charge in [-0.25, -0.2) is 0 Å². The summed E-state index contributed by atoms with van der Waals surface area (Å²) in [4.78, 5) is 36.8. The number of alkyl halides is 3. The van der Waals surface area contributed by atoms with Crippen molar-refractivity contribution in [2.45, 2.75) is 11.7 Å². The number of fused-ring (bicyclic) bond motifs is 1. The molecule has 5 aromatic carbocycles. The van der Waals surface area contributed by atoms with E-state index < -0.39 is 23.2 Å². The summed E-state index contributed by atoms with van der Waals surface area (Å²) in [6.45, 7) is 0. The number of carbonyl (C=O) groups excluding carboxylic acids is 2. The smallest absolute Gasteiger partial charge is 0.333 e. The third-order valence-electron chi connectivity index (χ3n) is 8.66. The number of rotatable bonds is 8. The molecule has 7 aromatic rings. The first-order chi connectivity index (χ1) is 24.7. The lowest BCUT2D eigenvalue weighted by Gasteiger charge is -2.35. The van der Waals surface area contributed by atoms with Crippen LogP contribution in [0.15, 0.2) is 164 Å². The molecule has 6 nitrogen and oxygen atoms in total. The zero-order valence-corrected chi connectivity index (χ0v) is 26.9. The van der Waals surface area contributed by atoms with Crippen molar-refractivity contribution in [3.8, 4) is 11.1 Å². The maximum atomic E-state index is 14.1. The van der Waals surface area contributed by atoms with Crippen LogP contribution in [0.5, 0.6) is 0 Å². The lowest BCUT2D eigenvalue weighted by atomic mass is 9.79. The number of nitrogens with one attached hydrogen (secondary N) is 2. The van der Waals surface area contributed by atoms with Crippen LogP contribution in [0.3, 0.4) is 0 Å². The van der Waals surface area contributed by atoms with E-state index in [9.17, 15) is 22.8 Å². The molecule has 0 aliphatic rings. The molecular weight excluding hydrogens is 649 g/mol.